The summed E-state index contributed by atoms with van der Waals surface area (Å²) >= 11 is 0. The van der Waals surface area contributed by atoms with Crippen molar-refractivity contribution in [2.75, 3.05) is 37.4 Å². The Labute approximate surface area is 165 Å². The van der Waals surface area contributed by atoms with Gasteiger partial charge in [0, 0.05) is 38.4 Å². The smallest absolute Gasteiger partial charge is 0.163 e. The minimum Gasteiger partial charge on any atom is -0.385 e. The van der Waals surface area contributed by atoms with Crippen molar-refractivity contribution >= 4 is 11.6 Å². The summed E-state index contributed by atoms with van der Waals surface area (Å²) in [6.45, 7) is 2.03. The molecule has 0 aliphatic carbocycles. The molecule has 28 heavy (non-hydrogen) atoms. The number of hydrogen-bond acceptors (Lipinski definition) is 5. The number of rotatable bonds is 10. The lowest BCUT2D eigenvalue weighted by Gasteiger charge is -2.12. The topological polar surface area (TPSA) is 59.1 Å². The molecular formula is C22H25FN4O. The number of aromatic nitrogens is 2. The average Bonchev–Trinajstić information content (AvgIpc) is 2.73. The van der Waals surface area contributed by atoms with Gasteiger partial charge in [-0.25, -0.2) is 14.4 Å². The second-order valence-corrected chi connectivity index (χ2v) is 6.37. The number of nitrogens with zero attached hydrogens (tertiary/aromatic N) is 2. The number of halogens is 1. The highest BCUT2D eigenvalue weighted by Crippen LogP contribution is 2.20. The van der Waals surface area contributed by atoms with Gasteiger partial charge in [0.2, 0.25) is 0 Å². The van der Waals surface area contributed by atoms with Crippen LogP contribution in [-0.2, 0) is 11.2 Å². The lowest BCUT2D eigenvalue weighted by atomic mass is 10.1. The summed E-state index contributed by atoms with van der Waals surface area (Å²) in [7, 11) is 1.69. The maximum Gasteiger partial charge on any atom is 0.163 e. The van der Waals surface area contributed by atoms with Crippen molar-refractivity contribution in [1.29, 1.82) is 0 Å². The maximum atomic E-state index is 13.8. The molecule has 2 aromatic carbocycles. The Morgan fingerprint density at radius 1 is 0.893 bits per heavy atom. The van der Waals surface area contributed by atoms with Gasteiger partial charge in [-0.1, -0.05) is 48.5 Å². The Hall–Kier alpha value is -2.99. The summed E-state index contributed by atoms with van der Waals surface area (Å²) in [4.78, 5) is 9.24. The fourth-order valence-electron chi connectivity index (χ4n) is 2.80. The van der Waals surface area contributed by atoms with Crippen LogP contribution in [0.5, 0.6) is 0 Å². The van der Waals surface area contributed by atoms with Crippen molar-refractivity contribution in [3.05, 3.63) is 72.0 Å². The zero-order valence-electron chi connectivity index (χ0n) is 16.0. The van der Waals surface area contributed by atoms with E-state index in [2.05, 4.69) is 20.6 Å². The Morgan fingerprint density at radius 3 is 2.29 bits per heavy atom. The molecule has 0 aliphatic heterocycles. The third kappa shape index (κ3) is 5.76. The van der Waals surface area contributed by atoms with Gasteiger partial charge in [-0.2, -0.15) is 0 Å². The van der Waals surface area contributed by atoms with Gasteiger partial charge in [-0.3, -0.25) is 0 Å². The van der Waals surface area contributed by atoms with E-state index >= 15 is 0 Å². The summed E-state index contributed by atoms with van der Waals surface area (Å²) in [5, 5.41) is 6.61. The number of anilines is 2. The lowest BCUT2D eigenvalue weighted by Crippen LogP contribution is -2.11. The number of hydrogen-bond donors (Lipinski definition) is 2. The van der Waals surface area contributed by atoms with Crippen molar-refractivity contribution in [3.63, 3.8) is 0 Å². The van der Waals surface area contributed by atoms with Crippen LogP contribution in [0, 0.1) is 5.82 Å². The molecular weight excluding hydrogens is 355 g/mol. The molecule has 5 nitrogen and oxygen atoms in total. The highest BCUT2D eigenvalue weighted by atomic mass is 19.1. The van der Waals surface area contributed by atoms with Crippen LogP contribution in [0.15, 0.2) is 60.7 Å². The molecule has 0 saturated carbocycles. The van der Waals surface area contributed by atoms with E-state index in [-0.39, 0.29) is 5.82 Å². The largest absolute Gasteiger partial charge is 0.385 e. The Balaban J connectivity index is 1.72. The minimum absolute atomic E-state index is 0.183. The quantitative estimate of drug-likeness (QED) is 0.511. The first-order valence-electron chi connectivity index (χ1n) is 9.41. The molecule has 146 valence electrons. The summed E-state index contributed by atoms with van der Waals surface area (Å²) in [5.41, 5.74) is 1.63. The maximum absolute atomic E-state index is 13.8. The first-order chi connectivity index (χ1) is 13.8. The highest BCUT2D eigenvalue weighted by molar-refractivity contribution is 5.61. The number of ether oxygens (including phenoxy) is 1. The molecule has 2 N–H and O–H groups in total. The molecule has 3 aromatic rings. The Bertz CT molecular complexity index is 873. The van der Waals surface area contributed by atoms with Gasteiger partial charge in [-0.05, 0) is 24.5 Å². The highest BCUT2D eigenvalue weighted by Gasteiger charge is 2.07. The van der Waals surface area contributed by atoms with Gasteiger partial charge >= 0.3 is 0 Å². The second kappa shape index (κ2) is 10.4. The monoisotopic (exact) mass is 380 g/mol. The SMILES string of the molecule is COCCCNc1cc(NCCc2ccccc2F)nc(-c2ccccc2)n1. The molecule has 0 radical (unpaired) electrons. The second-order valence-electron chi connectivity index (χ2n) is 6.37. The van der Waals surface area contributed by atoms with Gasteiger partial charge in [0.25, 0.3) is 0 Å². The third-order valence-electron chi connectivity index (χ3n) is 4.25. The molecule has 0 saturated heterocycles. The molecule has 0 bridgehead atoms. The van der Waals surface area contributed by atoms with Gasteiger partial charge in [0.15, 0.2) is 5.82 Å². The predicted octanol–water partition coefficient (Wildman–Crippen LogP) is 4.39. The van der Waals surface area contributed by atoms with E-state index in [0.717, 1.165) is 24.3 Å². The van der Waals surface area contributed by atoms with E-state index in [1.54, 1.807) is 19.2 Å². The van der Waals surface area contributed by atoms with Crippen LogP contribution >= 0.6 is 0 Å². The van der Waals surface area contributed by atoms with E-state index in [4.69, 9.17) is 4.74 Å². The lowest BCUT2D eigenvalue weighted by molar-refractivity contribution is 0.198. The third-order valence-corrected chi connectivity index (χ3v) is 4.25. The van der Waals surface area contributed by atoms with Crippen LogP contribution in [0.25, 0.3) is 11.4 Å². The van der Waals surface area contributed by atoms with Crippen LogP contribution in [0.3, 0.4) is 0 Å². The molecule has 0 fully saturated rings. The van der Waals surface area contributed by atoms with E-state index in [1.165, 1.54) is 6.07 Å². The molecule has 0 unspecified atom stereocenters. The minimum atomic E-state index is -0.183. The van der Waals surface area contributed by atoms with Crippen LogP contribution in [0.4, 0.5) is 16.0 Å². The molecule has 6 heteroatoms. The number of methoxy groups -OCH3 is 1. The van der Waals surface area contributed by atoms with Crippen molar-refractivity contribution in [3.8, 4) is 11.4 Å². The standard InChI is InChI=1S/C22H25FN4O/c1-28-15-7-13-24-20-16-21(25-14-12-17-8-5-6-11-19(17)23)27-22(26-20)18-9-3-2-4-10-18/h2-6,8-11,16H,7,12-15H2,1H3,(H2,24,25,26,27). The van der Waals surface area contributed by atoms with Crippen LogP contribution in [0.1, 0.15) is 12.0 Å². The summed E-state index contributed by atoms with van der Waals surface area (Å²) in [6, 6.07) is 18.5. The van der Waals surface area contributed by atoms with Crippen molar-refractivity contribution in [1.82, 2.24) is 9.97 Å². The van der Waals surface area contributed by atoms with Crippen LogP contribution in [-0.4, -0.2) is 36.8 Å². The fourth-order valence-corrected chi connectivity index (χ4v) is 2.80. The predicted molar refractivity (Wildman–Crippen MR) is 111 cm³/mol. The van der Waals surface area contributed by atoms with E-state index in [1.807, 2.05) is 42.5 Å². The van der Waals surface area contributed by atoms with Gasteiger partial charge in [-0.15, -0.1) is 0 Å². The number of nitrogens with one attached hydrogen (secondary N) is 2. The van der Waals surface area contributed by atoms with Crippen molar-refractivity contribution < 1.29 is 9.13 Å². The molecule has 0 atom stereocenters. The Morgan fingerprint density at radius 2 is 1.57 bits per heavy atom. The Kier molecular flexibility index (Phi) is 7.32. The first-order valence-corrected chi connectivity index (χ1v) is 9.41. The molecule has 0 amide bonds. The molecule has 3 rings (SSSR count). The zero-order valence-corrected chi connectivity index (χ0v) is 16.0. The van der Waals surface area contributed by atoms with Gasteiger partial charge < -0.3 is 15.4 Å². The molecule has 0 aliphatic rings. The summed E-state index contributed by atoms with van der Waals surface area (Å²) < 4.78 is 18.9. The average molecular weight is 380 g/mol. The van der Waals surface area contributed by atoms with Crippen LogP contribution in [0.2, 0.25) is 0 Å². The fraction of sp³-hybridized carbons (Fsp3) is 0.273. The van der Waals surface area contributed by atoms with Crippen molar-refractivity contribution in [2.24, 2.45) is 0 Å². The first kappa shape index (κ1) is 19.8. The summed E-state index contributed by atoms with van der Waals surface area (Å²) in [5.74, 6) is 1.92. The van der Waals surface area contributed by atoms with E-state index in [9.17, 15) is 4.39 Å². The van der Waals surface area contributed by atoms with Gasteiger partial charge in [0.05, 0.1) is 0 Å². The normalized spacial score (nSPS) is 10.6. The molecule has 1 aromatic heterocycles. The summed E-state index contributed by atoms with van der Waals surface area (Å²) in [6.07, 6.45) is 1.46. The molecule has 0 spiro atoms. The van der Waals surface area contributed by atoms with Crippen molar-refractivity contribution in [2.45, 2.75) is 12.8 Å². The molecule has 1 heterocycles. The zero-order chi connectivity index (χ0) is 19.6. The van der Waals surface area contributed by atoms with Gasteiger partial charge in [0.1, 0.15) is 17.5 Å². The van der Waals surface area contributed by atoms with E-state index in [0.29, 0.717) is 36.8 Å². The number of benzene rings is 2. The van der Waals surface area contributed by atoms with E-state index < -0.39 is 0 Å². The van der Waals surface area contributed by atoms with Crippen LogP contribution < -0.4 is 10.6 Å².